The molecule has 1 aliphatic carbocycles. The van der Waals surface area contributed by atoms with Crippen molar-refractivity contribution in [1.29, 1.82) is 0 Å². The molecule has 0 atom stereocenters. The van der Waals surface area contributed by atoms with Gasteiger partial charge >= 0.3 is 0 Å². The van der Waals surface area contributed by atoms with Crippen molar-refractivity contribution < 1.29 is 9.53 Å². The molecule has 0 radical (unpaired) electrons. The molecule has 1 saturated carbocycles. The molecule has 1 aromatic carbocycles. The molecule has 22 heavy (non-hydrogen) atoms. The van der Waals surface area contributed by atoms with Crippen molar-refractivity contribution in [3.05, 3.63) is 46.4 Å². The predicted molar refractivity (Wildman–Crippen MR) is 87.0 cm³/mol. The second-order valence-electron chi connectivity index (χ2n) is 5.53. The van der Waals surface area contributed by atoms with E-state index < -0.39 is 0 Å². The van der Waals surface area contributed by atoms with Gasteiger partial charge in [-0.15, -0.1) is 11.3 Å². The van der Waals surface area contributed by atoms with Crippen LogP contribution in [0.4, 0.5) is 0 Å². The van der Waals surface area contributed by atoms with Gasteiger partial charge in [-0.2, -0.15) is 0 Å². The van der Waals surface area contributed by atoms with Crippen LogP contribution in [0.1, 0.15) is 29.8 Å². The average molecular weight is 316 g/mol. The number of benzene rings is 1. The van der Waals surface area contributed by atoms with Gasteiger partial charge in [0, 0.05) is 24.0 Å². The summed E-state index contributed by atoms with van der Waals surface area (Å²) in [6.07, 6.45) is 5.37. The monoisotopic (exact) mass is 316 g/mol. The maximum Gasteiger partial charge on any atom is 0.223 e. The fourth-order valence-electron chi connectivity index (χ4n) is 2.47. The molecule has 4 nitrogen and oxygen atoms in total. The number of nitrogens with zero attached hydrogens (tertiary/aromatic N) is 2. The molecule has 5 heteroatoms. The second kappa shape index (κ2) is 6.92. The van der Waals surface area contributed by atoms with Crippen LogP contribution in [-0.4, -0.2) is 28.9 Å². The van der Waals surface area contributed by atoms with E-state index >= 15 is 0 Å². The first kappa shape index (κ1) is 15.0. The number of ether oxygens (including phenoxy) is 1. The Hall–Kier alpha value is -1.88. The van der Waals surface area contributed by atoms with E-state index in [1.807, 2.05) is 34.5 Å². The summed E-state index contributed by atoms with van der Waals surface area (Å²) in [7, 11) is 1.66. The largest absolute Gasteiger partial charge is 0.497 e. The van der Waals surface area contributed by atoms with Crippen molar-refractivity contribution >= 4 is 17.2 Å². The number of thiazole rings is 1. The van der Waals surface area contributed by atoms with E-state index in [1.54, 1.807) is 24.6 Å². The number of carbonyl (C=O) groups is 1. The maximum atomic E-state index is 12.5. The zero-order chi connectivity index (χ0) is 15.4. The molecule has 0 spiro atoms. The number of carbonyl (C=O) groups excluding carboxylic acids is 1. The van der Waals surface area contributed by atoms with Crippen molar-refractivity contribution in [2.45, 2.75) is 38.3 Å². The Morgan fingerprint density at radius 1 is 1.36 bits per heavy atom. The van der Waals surface area contributed by atoms with Crippen LogP contribution in [0.15, 0.2) is 35.8 Å². The minimum Gasteiger partial charge on any atom is -0.497 e. The third kappa shape index (κ3) is 3.85. The lowest BCUT2D eigenvalue weighted by molar-refractivity contribution is -0.132. The minimum absolute atomic E-state index is 0.230. The average Bonchev–Trinajstić information content (AvgIpc) is 3.27. The summed E-state index contributed by atoms with van der Waals surface area (Å²) in [6.45, 7) is 0.657. The van der Waals surface area contributed by atoms with Gasteiger partial charge in [-0.05, 0) is 37.0 Å². The van der Waals surface area contributed by atoms with E-state index in [2.05, 4.69) is 4.98 Å². The molecule has 0 bridgehead atoms. The Bertz CT molecular complexity index is 606. The Balaban J connectivity index is 1.56. The van der Waals surface area contributed by atoms with Crippen LogP contribution in [-0.2, 0) is 17.8 Å². The zero-order valence-corrected chi connectivity index (χ0v) is 13.5. The molecule has 1 fully saturated rings. The molecular weight excluding hydrogens is 296 g/mol. The number of methoxy groups -OCH3 is 1. The van der Waals surface area contributed by atoms with E-state index in [1.165, 1.54) is 5.56 Å². The van der Waals surface area contributed by atoms with Crippen LogP contribution in [0.5, 0.6) is 5.75 Å². The first-order chi connectivity index (χ1) is 10.8. The van der Waals surface area contributed by atoms with Gasteiger partial charge in [-0.1, -0.05) is 12.1 Å². The summed E-state index contributed by atoms with van der Waals surface area (Å²) in [5.41, 5.74) is 1.17. The van der Waals surface area contributed by atoms with E-state index in [4.69, 9.17) is 4.74 Å². The van der Waals surface area contributed by atoms with Gasteiger partial charge in [0.15, 0.2) is 0 Å². The Labute approximate surface area is 134 Å². The van der Waals surface area contributed by atoms with Gasteiger partial charge in [0.2, 0.25) is 5.91 Å². The highest BCUT2D eigenvalue weighted by Crippen LogP contribution is 2.29. The third-order valence-corrected chi connectivity index (χ3v) is 4.65. The SMILES string of the molecule is COc1ccc(CCC(=O)N(Cc2nccs2)C2CC2)cc1. The van der Waals surface area contributed by atoms with Crippen molar-refractivity contribution in [1.82, 2.24) is 9.88 Å². The van der Waals surface area contributed by atoms with E-state index in [9.17, 15) is 4.79 Å². The van der Waals surface area contributed by atoms with Gasteiger partial charge in [-0.25, -0.2) is 4.98 Å². The van der Waals surface area contributed by atoms with Crippen molar-refractivity contribution in [2.75, 3.05) is 7.11 Å². The van der Waals surface area contributed by atoms with Crippen LogP contribution in [0.3, 0.4) is 0 Å². The Morgan fingerprint density at radius 2 is 2.14 bits per heavy atom. The predicted octanol–water partition coefficient (Wildman–Crippen LogP) is 3.28. The molecule has 0 aliphatic heterocycles. The van der Waals surface area contributed by atoms with Crippen LogP contribution in [0.25, 0.3) is 0 Å². The molecule has 2 aromatic rings. The maximum absolute atomic E-state index is 12.5. The zero-order valence-electron chi connectivity index (χ0n) is 12.7. The number of amides is 1. The first-order valence-electron chi connectivity index (χ1n) is 7.57. The van der Waals surface area contributed by atoms with Crippen molar-refractivity contribution in [3.8, 4) is 5.75 Å². The van der Waals surface area contributed by atoms with E-state index in [0.717, 1.165) is 30.0 Å². The molecule has 1 aliphatic rings. The number of rotatable bonds is 7. The molecule has 1 aromatic heterocycles. The number of hydrogen-bond acceptors (Lipinski definition) is 4. The van der Waals surface area contributed by atoms with E-state index in [-0.39, 0.29) is 5.91 Å². The van der Waals surface area contributed by atoms with Gasteiger partial charge in [-0.3, -0.25) is 4.79 Å². The highest BCUT2D eigenvalue weighted by molar-refractivity contribution is 7.09. The van der Waals surface area contributed by atoms with Crippen LogP contribution < -0.4 is 4.74 Å². The summed E-state index contributed by atoms with van der Waals surface area (Å²) < 4.78 is 5.15. The summed E-state index contributed by atoms with van der Waals surface area (Å²) in [5.74, 6) is 1.08. The molecule has 3 rings (SSSR count). The summed E-state index contributed by atoms with van der Waals surface area (Å²) >= 11 is 1.61. The molecule has 0 unspecified atom stereocenters. The van der Waals surface area contributed by atoms with Crippen LogP contribution in [0, 0.1) is 0 Å². The van der Waals surface area contributed by atoms with Gasteiger partial charge in [0.1, 0.15) is 10.8 Å². The number of hydrogen-bond donors (Lipinski definition) is 0. The Morgan fingerprint density at radius 3 is 2.73 bits per heavy atom. The van der Waals surface area contributed by atoms with Crippen molar-refractivity contribution in [2.24, 2.45) is 0 Å². The second-order valence-corrected chi connectivity index (χ2v) is 6.51. The molecular formula is C17H20N2O2S. The lowest BCUT2D eigenvalue weighted by Crippen LogP contribution is -2.32. The standard InChI is InChI=1S/C17H20N2O2S/c1-21-15-7-2-13(3-8-15)4-9-17(20)19(14-5-6-14)12-16-18-10-11-22-16/h2-3,7-8,10-11,14H,4-6,9,12H2,1H3. The molecule has 0 saturated heterocycles. The normalized spacial score (nSPS) is 13.9. The lowest BCUT2D eigenvalue weighted by Gasteiger charge is -2.21. The smallest absolute Gasteiger partial charge is 0.223 e. The minimum atomic E-state index is 0.230. The van der Waals surface area contributed by atoms with Crippen LogP contribution >= 0.6 is 11.3 Å². The topological polar surface area (TPSA) is 42.4 Å². The van der Waals surface area contributed by atoms with Crippen LogP contribution in [0.2, 0.25) is 0 Å². The molecule has 1 amide bonds. The van der Waals surface area contributed by atoms with E-state index in [0.29, 0.717) is 19.0 Å². The highest BCUT2D eigenvalue weighted by atomic mass is 32.1. The third-order valence-electron chi connectivity index (χ3n) is 3.88. The Kier molecular flexibility index (Phi) is 4.73. The van der Waals surface area contributed by atoms with Gasteiger partial charge in [0.25, 0.3) is 0 Å². The number of aryl methyl sites for hydroxylation is 1. The highest BCUT2D eigenvalue weighted by Gasteiger charge is 2.32. The molecule has 0 N–H and O–H groups in total. The lowest BCUT2D eigenvalue weighted by atomic mass is 10.1. The fraction of sp³-hybridized carbons (Fsp3) is 0.412. The van der Waals surface area contributed by atoms with Gasteiger partial charge in [0.05, 0.1) is 13.7 Å². The summed E-state index contributed by atoms with van der Waals surface area (Å²) in [5, 5.41) is 2.98. The first-order valence-corrected chi connectivity index (χ1v) is 8.45. The summed E-state index contributed by atoms with van der Waals surface area (Å²) in [4.78, 5) is 18.8. The quantitative estimate of drug-likeness (QED) is 0.787. The number of aromatic nitrogens is 1. The van der Waals surface area contributed by atoms with Crippen molar-refractivity contribution in [3.63, 3.8) is 0 Å². The molecule has 1 heterocycles. The fourth-order valence-corrected chi connectivity index (χ4v) is 3.09. The summed E-state index contributed by atoms with van der Waals surface area (Å²) in [6, 6.07) is 8.34. The molecule has 116 valence electrons. The van der Waals surface area contributed by atoms with Gasteiger partial charge < -0.3 is 9.64 Å².